The fraction of sp³-hybridized carbons (Fsp3) is 0.600. The molecule has 1 aromatic rings. The van der Waals surface area contributed by atoms with E-state index in [0.717, 1.165) is 32.1 Å². The molecule has 3 saturated heterocycles. The van der Waals surface area contributed by atoms with Crippen LogP contribution in [0.15, 0.2) is 18.2 Å². The van der Waals surface area contributed by atoms with Gasteiger partial charge in [-0.05, 0) is 30.2 Å². The van der Waals surface area contributed by atoms with Crippen molar-refractivity contribution < 1.29 is 18.9 Å². The summed E-state index contributed by atoms with van der Waals surface area (Å²) in [5.74, 6) is 0.915. The lowest BCUT2D eigenvalue weighted by atomic mass is 10.1. The highest BCUT2D eigenvalue weighted by molar-refractivity contribution is 5.35. The van der Waals surface area contributed by atoms with Crippen LogP contribution in [0, 0.1) is 6.92 Å². The summed E-state index contributed by atoms with van der Waals surface area (Å²) in [4.78, 5) is 2.28. The van der Waals surface area contributed by atoms with Crippen molar-refractivity contribution >= 4 is 0 Å². The second-order valence-electron chi connectivity index (χ2n) is 5.60. The Balaban J connectivity index is 1.41. The zero-order valence-electron chi connectivity index (χ0n) is 11.6. The number of rotatable bonds is 7. The molecule has 0 N–H and O–H groups in total. The quantitative estimate of drug-likeness (QED) is 0.703. The van der Waals surface area contributed by atoms with Crippen LogP contribution in [0.5, 0.6) is 5.75 Å². The number of hydrogen-bond acceptors (Lipinski definition) is 5. The Morgan fingerprint density at radius 2 is 1.85 bits per heavy atom. The molecule has 0 saturated carbocycles. The molecule has 0 spiro atoms. The van der Waals surface area contributed by atoms with Gasteiger partial charge in [-0.2, -0.15) is 0 Å². The molecule has 20 heavy (non-hydrogen) atoms. The minimum absolute atomic E-state index is 0.241. The maximum atomic E-state index is 5.70. The molecule has 3 fully saturated rings. The summed E-state index contributed by atoms with van der Waals surface area (Å²) in [6, 6.07) is 6.26. The van der Waals surface area contributed by atoms with Crippen molar-refractivity contribution in [2.45, 2.75) is 32.0 Å². The topological polar surface area (TPSA) is 50.1 Å². The maximum Gasteiger partial charge on any atom is 0.136 e. The average Bonchev–Trinajstić information content (AvgIpc) is 3.26. The molecule has 5 nitrogen and oxygen atoms in total. The molecule has 0 aromatic heterocycles. The van der Waals surface area contributed by atoms with Gasteiger partial charge in [-0.3, -0.25) is 0 Å². The molecule has 1 aromatic carbocycles. The lowest BCUT2D eigenvalue weighted by Gasteiger charge is -2.19. The Hall–Kier alpha value is -1.14. The van der Waals surface area contributed by atoms with E-state index in [1.54, 1.807) is 0 Å². The van der Waals surface area contributed by atoms with Crippen molar-refractivity contribution in [3.63, 3.8) is 0 Å². The molecule has 0 aliphatic carbocycles. The smallest absolute Gasteiger partial charge is 0.136 e. The van der Waals surface area contributed by atoms with E-state index in [9.17, 15) is 0 Å². The number of aryl methyl sites for hydroxylation is 1. The van der Waals surface area contributed by atoms with Crippen LogP contribution in [-0.4, -0.2) is 49.9 Å². The minimum Gasteiger partial charge on any atom is -0.491 e. The Kier molecular flexibility index (Phi) is 3.15. The van der Waals surface area contributed by atoms with Crippen molar-refractivity contribution in [2.24, 2.45) is 0 Å². The first-order chi connectivity index (χ1) is 9.79. The fourth-order valence-corrected chi connectivity index (χ4v) is 2.34. The molecule has 0 bridgehead atoms. The summed E-state index contributed by atoms with van der Waals surface area (Å²) in [6.45, 7) is 6.11. The summed E-state index contributed by atoms with van der Waals surface area (Å²) in [5, 5.41) is 0. The first-order valence-electron chi connectivity index (χ1n) is 7.12. The lowest BCUT2D eigenvalue weighted by molar-refractivity contribution is 0.105. The van der Waals surface area contributed by atoms with Crippen LogP contribution >= 0.6 is 0 Å². The van der Waals surface area contributed by atoms with Crippen molar-refractivity contribution in [2.75, 3.05) is 26.4 Å². The second kappa shape index (κ2) is 5.00. The first kappa shape index (κ1) is 12.6. The third-order valence-electron chi connectivity index (χ3n) is 3.88. The molecule has 4 rings (SSSR count). The first-order valence-corrected chi connectivity index (χ1v) is 7.12. The van der Waals surface area contributed by atoms with Crippen molar-refractivity contribution in [1.29, 1.82) is 0 Å². The van der Waals surface area contributed by atoms with Crippen LogP contribution in [0.4, 0.5) is 0 Å². The number of benzene rings is 1. The highest BCUT2D eigenvalue weighted by Gasteiger charge is 2.41. The SMILES string of the molecule is Cc1cc(OCC2CO2)ccc1CN(C1CO1)C1CO1. The third-order valence-corrected chi connectivity index (χ3v) is 3.88. The van der Waals surface area contributed by atoms with Crippen LogP contribution in [0.2, 0.25) is 0 Å². The normalized spacial score (nSPS) is 30.4. The van der Waals surface area contributed by atoms with Crippen LogP contribution in [0.25, 0.3) is 0 Å². The monoisotopic (exact) mass is 277 g/mol. The van der Waals surface area contributed by atoms with E-state index in [1.807, 2.05) is 6.07 Å². The molecule has 3 unspecified atom stereocenters. The van der Waals surface area contributed by atoms with E-state index in [-0.39, 0.29) is 12.5 Å². The van der Waals surface area contributed by atoms with Crippen LogP contribution in [0.3, 0.4) is 0 Å². The lowest BCUT2D eigenvalue weighted by Crippen LogP contribution is -2.29. The molecule has 5 heteroatoms. The highest BCUT2D eigenvalue weighted by atomic mass is 16.6. The fourth-order valence-electron chi connectivity index (χ4n) is 2.34. The van der Waals surface area contributed by atoms with Gasteiger partial charge in [-0.1, -0.05) is 6.07 Å². The molecule has 3 aliphatic heterocycles. The molecule has 3 heterocycles. The van der Waals surface area contributed by atoms with Gasteiger partial charge in [0.15, 0.2) is 0 Å². The highest BCUT2D eigenvalue weighted by Crippen LogP contribution is 2.29. The predicted octanol–water partition coefficient (Wildman–Crippen LogP) is 1.29. The summed E-state index contributed by atoms with van der Waals surface area (Å²) < 4.78 is 21.6. The van der Waals surface area contributed by atoms with Gasteiger partial charge >= 0.3 is 0 Å². The molecule has 0 radical (unpaired) electrons. The van der Waals surface area contributed by atoms with Gasteiger partial charge in [-0.15, -0.1) is 0 Å². The zero-order valence-corrected chi connectivity index (χ0v) is 11.6. The molecule has 0 amide bonds. The third kappa shape index (κ3) is 2.96. The van der Waals surface area contributed by atoms with Crippen molar-refractivity contribution in [1.82, 2.24) is 4.90 Å². The van der Waals surface area contributed by atoms with E-state index < -0.39 is 0 Å². The largest absolute Gasteiger partial charge is 0.491 e. The number of ether oxygens (including phenoxy) is 4. The Labute approximate surface area is 118 Å². The van der Waals surface area contributed by atoms with Gasteiger partial charge in [0.25, 0.3) is 0 Å². The van der Waals surface area contributed by atoms with Gasteiger partial charge in [0.05, 0.1) is 19.8 Å². The molecule has 108 valence electrons. The number of nitrogens with zero attached hydrogens (tertiary/aromatic N) is 1. The van der Waals surface area contributed by atoms with Gasteiger partial charge < -0.3 is 18.9 Å². The van der Waals surface area contributed by atoms with Crippen LogP contribution < -0.4 is 4.74 Å². The number of hydrogen-bond donors (Lipinski definition) is 0. The minimum atomic E-state index is 0.241. The van der Waals surface area contributed by atoms with Crippen LogP contribution in [-0.2, 0) is 20.8 Å². The summed E-state index contributed by atoms with van der Waals surface area (Å²) in [5.41, 5.74) is 2.54. The van der Waals surface area contributed by atoms with E-state index in [1.165, 1.54) is 11.1 Å². The molecular weight excluding hydrogens is 258 g/mol. The molecule has 3 aliphatic rings. The Morgan fingerprint density at radius 3 is 2.40 bits per heavy atom. The van der Waals surface area contributed by atoms with Crippen molar-refractivity contribution in [3.8, 4) is 5.75 Å². The molecule has 3 atom stereocenters. The summed E-state index contributed by atoms with van der Waals surface area (Å²) in [6.07, 6.45) is 0.777. The maximum absolute atomic E-state index is 5.70. The van der Waals surface area contributed by atoms with Crippen molar-refractivity contribution in [3.05, 3.63) is 29.3 Å². The number of epoxide rings is 3. The van der Waals surface area contributed by atoms with E-state index in [2.05, 4.69) is 24.0 Å². The Morgan fingerprint density at radius 1 is 1.15 bits per heavy atom. The summed E-state index contributed by atoms with van der Waals surface area (Å²) in [7, 11) is 0. The second-order valence-corrected chi connectivity index (χ2v) is 5.60. The average molecular weight is 277 g/mol. The van der Waals surface area contributed by atoms with E-state index in [0.29, 0.717) is 12.7 Å². The predicted molar refractivity (Wildman–Crippen MR) is 71.4 cm³/mol. The Bertz CT molecular complexity index is 483. The van der Waals surface area contributed by atoms with Gasteiger partial charge in [0.2, 0.25) is 0 Å². The molecular formula is C15H19NO4. The zero-order chi connectivity index (χ0) is 13.5. The van der Waals surface area contributed by atoms with Gasteiger partial charge in [0.1, 0.15) is 30.9 Å². The van der Waals surface area contributed by atoms with Gasteiger partial charge in [-0.25, -0.2) is 4.90 Å². The van der Waals surface area contributed by atoms with Gasteiger partial charge in [0, 0.05) is 6.54 Å². The summed E-state index contributed by atoms with van der Waals surface area (Å²) >= 11 is 0. The van der Waals surface area contributed by atoms with E-state index in [4.69, 9.17) is 18.9 Å². The van der Waals surface area contributed by atoms with E-state index >= 15 is 0 Å². The standard InChI is InChI=1S/C15H19NO4/c1-10-4-12(17-6-13-7-18-13)3-2-11(10)5-16(14-8-19-14)15-9-20-15/h2-4,13-15H,5-9H2,1H3. The van der Waals surface area contributed by atoms with Crippen LogP contribution in [0.1, 0.15) is 11.1 Å².